The van der Waals surface area contributed by atoms with E-state index in [1.807, 2.05) is 17.5 Å². The van der Waals surface area contributed by atoms with Crippen molar-refractivity contribution in [2.45, 2.75) is 19.9 Å². The molecule has 1 aliphatic heterocycles. The molecule has 0 fully saturated rings. The lowest BCUT2D eigenvalue weighted by Gasteiger charge is -2.23. The maximum atomic E-state index is 13.5. The van der Waals surface area contributed by atoms with Crippen LogP contribution in [0.15, 0.2) is 62.8 Å². The zero-order chi connectivity index (χ0) is 23.5. The molecule has 0 radical (unpaired) electrons. The Hall–Kier alpha value is -3.50. The molecule has 2 aromatic heterocycles. The summed E-state index contributed by atoms with van der Waals surface area (Å²) in [5.41, 5.74) is 1.23. The van der Waals surface area contributed by atoms with Crippen LogP contribution in [0.2, 0.25) is 0 Å². The molecule has 0 saturated carbocycles. The van der Waals surface area contributed by atoms with Crippen LogP contribution >= 0.6 is 22.7 Å². The highest BCUT2D eigenvalue weighted by Gasteiger charge is 2.33. The number of benzene rings is 1. The van der Waals surface area contributed by atoms with E-state index >= 15 is 0 Å². The molecule has 4 rings (SSSR count). The van der Waals surface area contributed by atoms with Crippen molar-refractivity contribution in [1.29, 1.82) is 0 Å². The van der Waals surface area contributed by atoms with Gasteiger partial charge in [0.15, 0.2) is 4.80 Å². The first kappa shape index (κ1) is 22.7. The summed E-state index contributed by atoms with van der Waals surface area (Å²) in [7, 11) is 0. The lowest BCUT2D eigenvalue weighted by Crippen LogP contribution is -2.39. The van der Waals surface area contributed by atoms with Gasteiger partial charge < -0.3 is 19.4 Å². The topological polar surface area (TPSA) is 110 Å². The fraction of sp³-hybridized carbons (Fsp3) is 0.217. The first-order valence-electron chi connectivity index (χ1n) is 10.0. The maximum Gasteiger partial charge on any atom is 0.338 e. The van der Waals surface area contributed by atoms with Crippen molar-refractivity contribution in [3.8, 4) is 5.75 Å². The normalized spacial score (nSPS) is 15.7. The molecule has 3 heterocycles. The fourth-order valence-corrected chi connectivity index (χ4v) is 5.37. The Bertz CT molecular complexity index is 1420. The van der Waals surface area contributed by atoms with E-state index in [1.165, 1.54) is 27.2 Å². The second kappa shape index (κ2) is 9.55. The van der Waals surface area contributed by atoms with Gasteiger partial charge in [-0.2, -0.15) is 0 Å². The quantitative estimate of drug-likeness (QED) is 0.464. The number of nitrogens with zero attached hydrogens (tertiary/aromatic N) is 2. The van der Waals surface area contributed by atoms with Gasteiger partial charge in [0.1, 0.15) is 18.4 Å². The number of carbonyl (C=O) groups is 2. The van der Waals surface area contributed by atoms with Crippen LogP contribution in [0.4, 0.5) is 0 Å². The number of carboxylic acid groups (broad SMARTS) is 1. The van der Waals surface area contributed by atoms with Crippen LogP contribution in [0.1, 0.15) is 30.3 Å². The van der Waals surface area contributed by atoms with Gasteiger partial charge in [0.25, 0.3) is 5.56 Å². The number of thiazole rings is 1. The Kier molecular flexibility index (Phi) is 6.57. The molecule has 0 aliphatic carbocycles. The van der Waals surface area contributed by atoms with Crippen molar-refractivity contribution in [2.24, 2.45) is 4.99 Å². The second-order valence-electron chi connectivity index (χ2n) is 7.05. The van der Waals surface area contributed by atoms with Gasteiger partial charge in [-0.05, 0) is 49.1 Å². The number of rotatable bonds is 7. The highest BCUT2D eigenvalue weighted by Crippen LogP contribution is 2.33. The van der Waals surface area contributed by atoms with Gasteiger partial charge in [0, 0.05) is 4.88 Å². The zero-order valence-electron chi connectivity index (χ0n) is 17.8. The highest BCUT2D eigenvalue weighted by molar-refractivity contribution is 7.10. The molecule has 0 amide bonds. The minimum absolute atomic E-state index is 0.216. The van der Waals surface area contributed by atoms with Crippen molar-refractivity contribution in [1.82, 2.24) is 4.57 Å². The van der Waals surface area contributed by atoms with Gasteiger partial charge in [0.2, 0.25) is 0 Å². The molecule has 0 saturated heterocycles. The minimum Gasteiger partial charge on any atom is -0.546 e. The smallest absolute Gasteiger partial charge is 0.338 e. The molecule has 0 bridgehead atoms. The molecule has 170 valence electrons. The standard InChI is InChI=1S/C23H20N2O6S2/c1-3-30-22(29)19-13(2)24-23-25(20(19)16-8-5-9-32-16)21(28)17(33-23)11-14-6-4-7-15(10-14)31-12-18(26)27/h4-11,20H,3,12H2,1-2H3,(H,26,27)/p-1/b17-11-/t20-/m1/s1. The van der Waals surface area contributed by atoms with Crippen molar-refractivity contribution in [3.63, 3.8) is 0 Å². The Labute approximate surface area is 196 Å². The van der Waals surface area contributed by atoms with E-state index < -0.39 is 24.6 Å². The van der Waals surface area contributed by atoms with Gasteiger partial charge in [-0.3, -0.25) is 9.36 Å². The van der Waals surface area contributed by atoms with E-state index in [2.05, 4.69) is 4.99 Å². The number of aromatic nitrogens is 1. The van der Waals surface area contributed by atoms with Crippen molar-refractivity contribution < 1.29 is 24.2 Å². The minimum atomic E-state index is -1.32. The number of thiophene rings is 1. The third kappa shape index (κ3) is 4.67. The lowest BCUT2D eigenvalue weighted by atomic mass is 10.0. The van der Waals surface area contributed by atoms with E-state index in [-0.39, 0.29) is 12.2 Å². The van der Waals surface area contributed by atoms with Gasteiger partial charge in [-0.15, -0.1) is 11.3 Å². The summed E-state index contributed by atoms with van der Waals surface area (Å²) in [4.78, 5) is 42.7. The fourth-order valence-electron chi connectivity index (χ4n) is 3.50. The van der Waals surface area contributed by atoms with Crippen LogP contribution in [0.25, 0.3) is 6.08 Å². The average Bonchev–Trinajstić information content (AvgIpc) is 3.41. The Morgan fingerprint density at radius 2 is 2.09 bits per heavy atom. The molecular weight excluding hydrogens is 464 g/mol. The summed E-state index contributed by atoms with van der Waals surface area (Å²) < 4.78 is 12.4. The monoisotopic (exact) mass is 483 g/mol. The molecule has 8 nitrogen and oxygen atoms in total. The summed E-state index contributed by atoms with van der Waals surface area (Å²) in [6.45, 7) is 3.12. The number of fused-ring (bicyclic) bond motifs is 1. The lowest BCUT2D eigenvalue weighted by molar-refractivity contribution is -0.307. The van der Waals surface area contributed by atoms with Gasteiger partial charge in [-0.25, -0.2) is 9.79 Å². The van der Waals surface area contributed by atoms with Crippen molar-refractivity contribution in [3.05, 3.63) is 83.2 Å². The average molecular weight is 484 g/mol. The number of hydrogen-bond acceptors (Lipinski definition) is 9. The predicted octanol–water partition coefficient (Wildman–Crippen LogP) is 0.988. The van der Waals surface area contributed by atoms with Gasteiger partial charge in [0.05, 0.1) is 28.4 Å². The number of aliphatic carboxylic acids is 1. The molecule has 0 N–H and O–H groups in total. The van der Waals surface area contributed by atoms with Crippen molar-refractivity contribution >= 4 is 40.7 Å². The van der Waals surface area contributed by atoms with Crippen LogP contribution in [0.5, 0.6) is 5.75 Å². The number of ether oxygens (including phenoxy) is 2. The van der Waals surface area contributed by atoms with Crippen LogP contribution in [-0.4, -0.2) is 29.7 Å². The van der Waals surface area contributed by atoms with E-state index in [1.54, 1.807) is 44.2 Å². The highest BCUT2D eigenvalue weighted by atomic mass is 32.1. The van der Waals surface area contributed by atoms with E-state index in [9.17, 15) is 19.5 Å². The van der Waals surface area contributed by atoms with Crippen molar-refractivity contribution in [2.75, 3.05) is 13.2 Å². The molecule has 10 heteroatoms. The maximum absolute atomic E-state index is 13.5. The van der Waals surface area contributed by atoms with E-state index in [4.69, 9.17) is 9.47 Å². The number of esters is 1. The summed E-state index contributed by atoms with van der Waals surface area (Å²) in [6, 6.07) is 9.84. The summed E-state index contributed by atoms with van der Waals surface area (Å²) in [5, 5.41) is 12.5. The number of carbonyl (C=O) groups excluding carboxylic acids is 2. The number of hydrogen-bond donors (Lipinski definition) is 0. The van der Waals surface area contributed by atoms with E-state index in [0.717, 1.165) is 4.88 Å². The molecule has 1 aromatic carbocycles. The third-order valence-electron chi connectivity index (χ3n) is 4.84. The molecule has 1 atom stereocenters. The third-order valence-corrected chi connectivity index (χ3v) is 6.75. The van der Waals surface area contributed by atoms with E-state index in [0.29, 0.717) is 31.9 Å². The Balaban J connectivity index is 1.83. The summed E-state index contributed by atoms with van der Waals surface area (Å²) in [6.07, 6.45) is 1.69. The van der Waals surface area contributed by atoms with Crippen LogP contribution < -0.4 is 24.7 Å². The van der Waals surface area contributed by atoms with Gasteiger partial charge >= 0.3 is 5.97 Å². The Morgan fingerprint density at radius 1 is 1.27 bits per heavy atom. The molecule has 0 spiro atoms. The molecule has 1 aliphatic rings. The number of allylic oxidation sites excluding steroid dienone is 1. The van der Waals surface area contributed by atoms with Crippen LogP contribution in [-0.2, 0) is 14.3 Å². The predicted molar refractivity (Wildman–Crippen MR) is 122 cm³/mol. The Morgan fingerprint density at radius 3 is 2.79 bits per heavy atom. The first-order valence-corrected chi connectivity index (χ1v) is 11.7. The van der Waals surface area contributed by atoms with Crippen LogP contribution in [0, 0.1) is 0 Å². The number of carboxylic acids is 1. The largest absolute Gasteiger partial charge is 0.546 e. The molecule has 3 aromatic rings. The SMILES string of the molecule is CCOC(=O)C1=C(C)N=c2s/c(=C\c3cccc(OCC(=O)[O-])c3)c(=O)n2[C@@H]1c1cccs1. The summed E-state index contributed by atoms with van der Waals surface area (Å²) in [5.74, 6) is -1.48. The first-order chi connectivity index (χ1) is 15.9. The molecule has 33 heavy (non-hydrogen) atoms. The molecular formula is C23H19N2O6S2-. The second-order valence-corrected chi connectivity index (χ2v) is 9.04. The van der Waals surface area contributed by atoms with Crippen LogP contribution in [0.3, 0.4) is 0 Å². The van der Waals surface area contributed by atoms with Gasteiger partial charge in [-0.1, -0.05) is 29.5 Å². The zero-order valence-corrected chi connectivity index (χ0v) is 19.4. The molecule has 0 unspecified atom stereocenters. The summed E-state index contributed by atoms with van der Waals surface area (Å²) >= 11 is 2.66.